The molecule has 1 fully saturated rings. The third-order valence-corrected chi connectivity index (χ3v) is 5.13. The van der Waals surface area contributed by atoms with Crippen LogP contribution in [0.4, 0.5) is 0 Å². The number of pyridine rings is 1. The van der Waals surface area contributed by atoms with E-state index in [1.165, 1.54) is 4.90 Å². The summed E-state index contributed by atoms with van der Waals surface area (Å²) in [6.07, 6.45) is 5.47. The maximum Gasteiger partial charge on any atom is 0.295 e. The highest BCUT2D eigenvalue weighted by atomic mass is 16.5. The predicted molar refractivity (Wildman–Crippen MR) is 108 cm³/mol. The number of H-pyrrole nitrogens is 1. The molecule has 4 rings (SSSR count). The second-order valence-electron chi connectivity index (χ2n) is 6.87. The van der Waals surface area contributed by atoms with Crippen LogP contribution in [0.3, 0.4) is 0 Å². The van der Waals surface area contributed by atoms with Crippen molar-refractivity contribution in [2.45, 2.75) is 12.5 Å². The van der Waals surface area contributed by atoms with Crippen LogP contribution in [0, 0.1) is 0 Å². The number of aliphatic hydroxyl groups is 1. The Morgan fingerprint density at radius 3 is 2.83 bits per heavy atom. The number of aromatic amines is 1. The molecule has 3 aromatic rings. The maximum atomic E-state index is 12.9. The quantitative estimate of drug-likeness (QED) is 0.291. The van der Waals surface area contributed by atoms with Gasteiger partial charge in [-0.15, -0.1) is 0 Å². The third-order valence-electron chi connectivity index (χ3n) is 5.13. The molecular weight excluding hydrogens is 370 g/mol. The number of hydrogen-bond acceptors (Lipinski definition) is 5. The molecule has 1 aliphatic rings. The smallest absolute Gasteiger partial charge is 0.295 e. The van der Waals surface area contributed by atoms with Crippen molar-refractivity contribution in [1.82, 2.24) is 14.9 Å². The molecule has 2 N–H and O–H groups in total. The normalized spacial score (nSPS) is 18.7. The number of hydrogen-bond donors (Lipinski definition) is 2. The van der Waals surface area contributed by atoms with Gasteiger partial charge in [-0.25, -0.2) is 0 Å². The van der Waals surface area contributed by atoms with Gasteiger partial charge in [0.25, 0.3) is 11.7 Å². The Labute approximate surface area is 167 Å². The molecule has 148 valence electrons. The lowest BCUT2D eigenvalue weighted by Crippen LogP contribution is -2.31. The van der Waals surface area contributed by atoms with E-state index in [-0.39, 0.29) is 11.3 Å². The van der Waals surface area contributed by atoms with E-state index in [2.05, 4.69) is 9.97 Å². The zero-order chi connectivity index (χ0) is 20.4. The van der Waals surface area contributed by atoms with Crippen LogP contribution >= 0.6 is 0 Å². The molecule has 1 aliphatic heterocycles. The number of ketones is 1. The lowest BCUT2D eigenvalue weighted by Gasteiger charge is -2.24. The number of nitrogens with zero attached hydrogens (tertiary/aromatic N) is 2. The number of ether oxygens (including phenoxy) is 1. The lowest BCUT2D eigenvalue weighted by molar-refractivity contribution is -0.140. The number of likely N-dealkylation sites (tertiary alicyclic amines) is 1. The summed E-state index contributed by atoms with van der Waals surface area (Å²) in [5.41, 5.74) is 2.07. The molecule has 29 heavy (non-hydrogen) atoms. The number of aliphatic hydroxyl groups excluding tert-OH is 1. The van der Waals surface area contributed by atoms with Crippen LogP contribution in [0.15, 0.2) is 60.6 Å². The molecule has 1 atom stereocenters. The fourth-order valence-corrected chi connectivity index (χ4v) is 3.79. The Morgan fingerprint density at radius 1 is 1.24 bits per heavy atom. The first kappa shape index (κ1) is 18.9. The molecular formula is C22H21N3O4. The van der Waals surface area contributed by atoms with Crippen molar-refractivity contribution >= 4 is 28.4 Å². The van der Waals surface area contributed by atoms with E-state index >= 15 is 0 Å². The standard InChI is InChI=1S/C22H21N3O4/c1-29-11-5-10-25-19(14-6-4-9-23-12-14)18(21(27)22(25)28)20(26)16-13-24-17-8-3-2-7-15(16)17/h2-4,6-9,12-13,19,24,26H,5,10-11H2,1H3/b20-18-. The predicted octanol–water partition coefficient (Wildman–Crippen LogP) is 3.02. The number of Topliss-reactive ketones (excluding diaryl/α,β-unsaturated/α-hetero) is 1. The van der Waals surface area contributed by atoms with Gasteiger partial charge < -0.3 is 19.7 Å². The van der Waals surface area contributed by atoms with Gasteiger partial charge in [0.1, 0.15) is 5.76 Å². The Morgan fingerprint density at radius 2 is 2.07 bits per heavy atom. The van der Waals surface area contributed by atoms with Gasteiger partial charge in [0.2, 0.25) is 0 Å². The number of fused-ring (bicyclic) bond motifs is 1. The molecule has 1 aromatic carbocycles. The van der Waals surface area contributed by atoms with Crippen molar-refractivity contribution in [3.8, 4) is 0 Å². The molecule has 1 amide bonds. The van der Waals surface area contributed by atoms with Gasteiger partial charge >= 0.3 is 0 Å². The Balaban J connectivity index is 1.86. The second-order valence-corrected chi connectivity index (χ2v) is 6.87. The molecule has 0 saturated carbocycles. The van der Waals surface area contributed by atoms with E-state index in [9.17, 15) is 14.7 Å². The van der Waals surface area contributed by atoms with Crippen LogP contribution in [0.2, 0.25) is 0 Å². The molecule has 0 bridgehead atoms. The number of carbonyl (C=O) groups is 2. The summed E-state index contributed by atoms with van der Waals surface area (Å²) >= 11 is 0. The summed E-state index contributed by atoms with van der Waals surface area (Å²) < 4.78 is 5.09. The first-order valence-electron chi connectivity index (χ1n) is 9.37. The van der Waals surface area contributed by atoms with Gasteiger partial charge in [-0.05, 0) is 24.1 Å². The molecule has 3 heterocycles. The minimum Gasteiger partial charge on any atom is -0.507 e. The van der Waals surface area contributed by atoms with E-state index in [0.717, 1.165) is 10.9 Å². The van der Waals surface area contributed by atoms with Gasteiger partial charge in [0.15, 0.2) is 0 Å². The summed E-state index contributed by atoms with van der Waals surface area (Å²) in [5.74, 6) is -1.51. The summed E-state index contributed by atoms with van der Waals surface area (Å²) in [6, 6.07) is 10.3. The Kier molecular flexibility index (Phi) is 5.14. The van der Waals surface area contributed by atoms with Crippen LogP contribution in [-0.2, 0) is 14.3 Å². The summed E-state index contributed by atoms with van der Waals surface area (Å²) in [6.45, 7) is 0.799. The molecule has 7 nitrogen and oxygen atoms in total. The number of amides is 1. The van der Waals surface area contributed by atoms with Crippen molar-refractivity contribution in [3.05, 3.63) is 71.7 Å². The van der Waals surface area contributed by atoms with Gasteiger partial charge in [-0.2, -0.15) is 0 Å². The summed E-state index contributed by atoms with van der Waals surface area (Å²) in [4.78, 5) is 34.4. The van der Waals surface area contributed by atoms with Crippen LogP contribution in [-0.4, -0.2) is 51.9 Å². The highest BCUT2D eigenvalue weighted by Crippen LogP contribution is 2.40. The summed E-state index contributed by atoms with van der Waals surface area (Å²) in [5, 5.41) is 11.9. The van der Waals surface area contributed by atoms with Crippen molar-refractivity contribution in [1.29, 1.82) is 0 Å². The number of methoxy groups -OCH3 is 1. The SMILES string of the molecule is COCCCN1C(=O)C(=O)/C(=C(\O)c2c[nH]c3ccccc23)C1c1cccnc1. The zero-order valence-electron chi connectivity index (χ0n) is 16.0. The van der Waals surface area contributed by atoms with E-state index in [0.29, 0.717) is 30.7 Å². The second kappa shape index (κ2) is 7.89. The van der Waals surface area contributed by atoms with Crippen molar-refractivity contribution in [2.75, 3.05) is 20.3 Å². The fraction of sp³-hybridized carbons (Fsp3) is 0.227. The monoisotopic (exact) mass is 391 g/mol. The molecule has 1 saturated heterocycles. The number of rotatable bonds is 6. The molecule has 0 spiro atoms. The Bertz CT molecular complexity index is 1090. The van der Waals surface area contributed by atoms with Crippen LogP contribution < -0.4 is 0 Å². The largest absolute Gasteiger partial charge is 0.507 e. The Hall–Kier alpha value is -3.45. The van der Waals surface area contributed by atoms with Gasteiger partial charge in [-0.1, -0.05) is 24.3 Å². The zero-order valence-corrected chi connectivity index (χ0v) is 16.0. The highest BCUT2D eigenvalue weighted by molar-refractivity contribution is 6.46. The lowest BCUT2D eigenvalue weighted by atomic mass is 9.96. The number of benzene rings is 1. The number of para-hydroxylation sites is 1. The number of aromatic nitrogens is 2. The van der Waals surface area contributed by atoms with Gasteiger partial charge in [0.05, 0.1) is 11.6 Å². The van der Waals surface area contributed by atoms with Crippen molar-refractivity contribution in [3.63, 3.8) is 0 Å². The molecule has 7 heteroatoms. The maximum absolute atomic E-state index is 12.9. The van der Waals surface area contributed by atoms with Gasteiger partial charge in [0, 0.05) is 55.3 Å². The van der Waals surface area contributed by atoms with Crippen LogP contribution in [0.25, 0.3) is 16.7 Å². The minimum absolute atomic E-state index is 0.0742. The summed E-state index contributed by atoms with van der Waals surface area (Å²) in [7, 11) is 1.59. The van der Waals surface area contributed by atoms with Crippen LogP contribution in [0.5, 0.6) is 0 Å². The molecule has 0 radical (unpaired) electrons. The third kappa shape index (κ3) is 3.30. The van der Waals surface area contributed by atoms with Gasteiger partial charge in [-0.3, -0.25) is 14.6 Å². The highest BCUT2D eigenvalue weighted by Gasteiger charge is 2.46. The minimum atomic E-state index is -0.700. The first-order chi connectivity index (χ1) is 14.1. The molecule has 0 aliphatic carbocycles. The topological polar surface area (TPSA) is 95.5 Å². The van der Waals surface area contributed by atoms with E-state index in [1.54, 1.807) is 37.8 Å². The van der Waals surface area contributed by atoms with Crippen molar-refractivity contribution < 1.29 is 19.4 Å². The average Bonchev–Trinajstić information content (AvgIpc) is 3.29. The van der Waals surface area contributed by atoms with Crippen molar-refractivity contribution in [2.24, 2.45) is 0 Å². The van der Waals surface area contributed by atoms with E-state index < -0.39 is 17.7 Å². The first-order valence-corrected chi connectivity index (χ1v) is 9.37. The van der Waals surface area contributed by atoms with E-state index in [1.807, 2.05) is 24.3 Å². The van der Waals surface area contributed by atoms with E-state index in [4.69, 9.17) is 4.74 Å². The van der Waals surface area contributed by atoms with Crippen LogP contribution in [0.1, 0.15) is 23.6 Å². The molecule has 2 aromatic heterocycles. The fourth-order valence-electron chi connectivity index (χ4n) is 3.79. The average molecular weight is 391 g/mol. The number of carbonyl (C=O) groups excluding carboxylic acids is 2. The molecule has 1 unspecified atom stereocenters. The number of nitrogens with one attached hydrogen (secondary N) is 1.